The van der Waals surface area contributed by atoms with Gasteiger partial charge in [0.1, 0.15) is 0 Å². The van der Waals surface area contributed by atoms with Crippen LogP contribution in [-0.4, -0.2) is 31.5 Å². The number of aryl methyl sites for hydroxylation is 1. The molecule has 3 rings (SSSR count). The predicted octanol–water partition coefficient (Wildman–Crippen LogP) is 2.90. The van der Waals surface area contributed by atoms with Crippen LogP contribution < -0.4 is 5.32 Å². The maximum absolute atomic E-state index is 12.1. The Morgan fingerprint density at radius 1 is 1.38 bits per heavy atom. The third kappa shape index (κ3) is 2.56. The third-order valence-corrected chi connectivity index (χ3v) is 5.55. The Bertz CT molecular complexity index is 807. The maximum atomic E-state index is 12.1. The summed E-state index contributed by atoms with van der Waals surface area (Å²) in [5, 5.41) is 12.4. The molecule has 0 fully saturated rings. The number of fused-ring (bicyclic) bond motifs is 1. The molecule has 21 heavy (non-hydrogen) atoms. The molecule has 2 aromatic rings. The number of carbonyl (C=O) groups excluding carboxylic acids is 1. The number of aromatic carboxylic acids is 1. The van der Waals surface area contributed by atoms with E-state index in [2.05, 4.69) is 5.32 Å². The van der Waals surface area contributed by atoms with Gasteiger partial charge in [0.15, 0.2) is 0 Å². The minimum absolute atomic E-state index is 0.0671. The van der Waals surface area contributed by atoms with Gasteiger partial charge in [0.2, 0.25) is 0 Å². The van der Waals surface area contributed by atoms with Gasteiger partial charge in [-0.15, -0.1) is 0 Å². The van der Waals surface area contributed by atoms with Crippen molar-refractivity contribution in [1.29, 1.82) is 0 Å². The Hall–Kier alpha value is -1.81. The van der Waals surface area contributed by atoms with Crippen molar-refractivity contribution < 1.29 is 14.7 Å². The Morgan fingerprint density at radius 3 is 2.81 bits per heavy atom. The molecule has 0 aliphatic carbocycles. The number of halogens is 1. The number of anilines is 1. The van der Waals surface area contributed by atoms with Crippen molar-refractivity contribution in [3.05, 3.63) is 49.3 Å². The quantitative estimate of drug-likeness (QED) is 0.634. The van der Waals surface area contributed by atoms with Crippen LogP contribution in [0.4, 0.5) is 5.69 Å². The second kappa shape index (κ2) is 5.19. The molecule has 1 aliphatic rings. The van der Waals surface area contributed by atoms with E-state index in [0.29, 0.717) is 16.2 Å². The van der Waals surface area contributed by atoms with E-state index in [-0.39, 0.29) is 20.4 Å². The molecular formula is C15H10ClNO3Se. The van der Waals surface area contributed by atoms with Crippen LogP contribution >= 0.6 is 11.6 Å². The van der Waals surface area contributed by atoms with Gasteiger partial charge < -0.3 is 0 Å². The standard InChI is InChI=1S/C15H10ClNO3Se/c1-7-10(15(19)20)5-9(21-7)6-12-11-4-8(16)2-3-13(11)17-14(12)18/h2-6H,1H3,(H,17,18)(H,19,20)/b12-6-. The number of hydrogen-bond donors (Lipinski definition) is 2. The molecule has 106 valence electrons. The van der Waals surface area contributed by atoms with E-state index >= 15 is 0 Å². The molecular weight excluding hydrogens is 357 g/mol. The molecule has 2 heterocycles. The van der Waals surface area contributed by atoms with Crippen LogP contribution in [0.1, 0.15) is 24.8 Å². The number of carboxylic acids is 1. The third-order valence-electron chi connectivity index (χ3n) is 3.22. The van der Waals surface area contributed by atoms with E-state index in [9.17, 15) is 9.59 Å². The van der Waals surface area contributed by atoms with Crippen molar-refractivity contribution in [2.45, 2.75) is 6.92 Å². The number of carboxylic acid groups (broad SMARTS) is 1. The molecule has 1 amide bonds. The van der Waals surface area contributed by atoms with E-state index < -0.39 is 5.97 Å². The van der Waals surface area contributed by atoms with Gasteiger partial charge in [-0.2, -0.15) is 0 Å². The SMILES string of the molecule is Cc1[se]c(/C=C2\C(=O)Nc3ccc(Cl)cc32)cc1C(=O)O. The predicted molar refractivity (Wildman–Crippen MR) is 83.0 cm³/mol. The molecule has 1 aromatic heterocycles. The van der Waals surface area contributed by atoms with Crippen molar-refractivity contribution in [3.63, 3.8) is 0 Å². The summed E-state index contributed by atoms with van der Waals surface area (Å²) in [5.74, 6) is -1.12. The van der Waals surface area contributed by atoms with Crippen LogP contribution in [0.25, 0.3) is 11.6 Å². The zero-order valence-corrected chi connectivity index (χ0v) is 13.4. The molecule has 0 saturated heterocycles. The first-order valence-electron chi connectivity index (χ1n) is 6.12. The van der Waals surface area contributed by atoms with Crippen LogP contribution in [-0.2, 0) is 4.79 Å². The van der Waals surface area contributed by atoms with Crippen LogP contribution in [0.15, 0.2) is 24.3 Å². The van der Waals surface area contributed by atoms with Crippen molar-refractivity contribution in [2.24, 2.45) is 0 Å². The molecule has 0 bridgehead atoms. The van der Waals surface area contributed by atoms with E-state index in [0.717, 1.165) is 20.1 Å². The number of nitrogens with one attached hydrogen (secondary N) is 1. The molecule has 4 nitrogen and oxygen atoms in total. The van der Waals surface area contributed by atoms with Crippen molar-refractivity contribution in [3.8, 4) is 0 Å². The van der Waals surface area contributed by atoms with Crippen LogP contribution in [0.5, 0.6) is 0 Å². The van der Waals surface area contributed by atoms with Gasteiger partial charge in [0.25, 0.3) is 0 Å². The first-order chi connectivity index (χ1) is 9.95. The van der Waals surface area contributed by atoms with Gasteiger partial charge in [0.05, 0.1) is 0 Å². The topological polar surface area (TPSA) is 66.4 Å². The Kier molecular flexibility index (Phi) is 3.49. The van der Waals surface area contributed by atoms with E-state index in [1.54, 1.807) is 30.3 Å². The van der Waals surface area contributed by atoms with Crippen LogP contribution in [0.3, 0.4) is 0 Å². The van der Waals surface area contributed by atoms with Crippen molar-refractivity contribution >= 4 is 55.3 Å². The van der Waals surface area contributed by atoms with Gasteiger partial charge in [0, 0.05) is 0 Å². The van der Waals surface area contributed by atoms with E-state index in [1.807, 2.05) is 6.92 Å². The van der Waals surface area contributed by atoms with E-state index in [1.165, 1.54) is 0 Å². The zero-order chi connectivity index (χ0) is 15.1. The molecule has 0 saturated carbocycles. The van der Waals surface area contributed by atoms with Gasteiger partial charge in [-0.1, -0.05) is 0 Å². The van der Waals surface area contributed by atoms with Crippen molar-refractivity contribution in [1.82, 2.24) is 0 Å². The number of amides is 1. The number of benzene rings is 1. The molecule has 2 N–H and O–H groups in total. The fraction of sp³-hybridized carbons (Fsp3) is 0.0667. The summed E-state index contributed by atoms with van der Waals surface area (Å²) in [4.78, 5) is 23.1. The van der Waals surface area contributed by atoms with Gasteiger partial charge in [-0.3, -0.25) is 0 Å². The Labute approximate surface area is 131 Å². The summed E-state index contributed by atoms with van der Waals surface area (Å²) in [7, 11) is 0. The number of rotatable bonds is 2. The zero-order valence-electron chi connectivity index (χ0n) is 10.9. The summed E-state index contributed by atoms with van der Waals surface area (Å²) in [6.07, 6.45) is 1.76. The van der Waals surface area contributed by atoms with Crippen LogP contribution in [0.2, 0.25) is 5.02 Å². The summed E-state index contributed by atoms with van der Waals surface area (Å²) in [5.41, 5.74) is 2.34. The number of carbonyl (C=O) groups is 2. The average Bonchev–Trinajstić information content (AvgIpc) is 2.92. The van der Waals surface area contributed by atoms with Crippen molar-refractivity contribution in [2.75, 3.05) is 5.32 Å². The minimum atomic E-state index is -0.929. The summed E-state index contributed by atoms with van der Waals surface area (Å²) >= 11 is 5.91. The second-order valence-corrected chi connectivity index (χ2v) is 7.76. The van der Waals surface area contributed by atoms with Gasteiger partial charge in [-0.05, 0) is 0 Å². The molecule has 6 heteroatoms. The Balaban J connectivity index is 2.08. The molecule has 1 aromatic carbocycles. The first-order valence-corrected chi connectivity index (χ1v) is 8.21. The fourth-order valence-corrected chi connectivity index (χ4v) is 4.43. The molecule has 0 radical (unpaired) electrons. The Morgan fingerprint density at radius 2 is 2.14 bits per heavy atom. The van der Waals surface area contributed by atoms with E-state index in [4.69, 9.17) is 16.7 Å². The summed E-state index contributed by atoms with van der Waals surface area (Å²) < 4.78 is 1.72. The molecule has 0 unspecified atom stereocenters. The fourth-order valence-electron chi connectivity index (χ4n) is 2.23. The summed E-state index contributed by atoms with van der Waals surface area (Å²) in [6, 6.07) is 6.86. The van der Waals surface area contributed by atoms with Crippen LogP contribution in [0, 0.1) is 6.92 Å². The first kappa shape index (κ1) is 14.1. The molecule has 0 atom stereocenters. The molecule has 0 spiro atoms. The number of hydrogen-bond acceptors (Lipinski definition) is 2. The average molecular weight is 367 g/mol. The van der Waals surface area contributed by atoms with Gasteiger partial charge in [-0.25, -0.2) is 0 Å². The monoisotopic (exact) mass is 367 g/mol. The van der Waals surface area contributed by atoms with Gasteiger partial charge >= 0.3 is 132 Å². The second-order valence-electron chi connectivity index (χ2n) is 4.63. The normalized spacial score (nSPS) is 15.1. The molecule has 1 aliphatic heterocycles. The summed E-state index contributed by atoms with van der Waals surface area (Å²) in [6.45, 7) is 1.81.